The van der Waals surface area contributed by atoms with Crippen LogP contribution < -0.4 is 12.4 Å². The lowest BCUT2D eigenvalue weighted by Gasteiger charge is -2.37. The van der Waals surface area contributed by atoms with E-state index in [9.17, 15) is 5.11 Å². The van der Waals surface area contributed by atoms with Gasteiger partial charge >= 0.3 is 0 Å². The summed E-state index contributed by atoms with van der Waals surface area (Å²) in [6.07, 6.45) is 2.84. The van der Waals surface area contributed by atoms with Crippen LogP contribution in [0.25, 0.3) is 0 Å². The average Bonchev–Trinajstić information content (AvgIpc) is 2.09. The molecule has 1 heterocycles. The Morgan fingerprint density at radius 3 is 2.50 bits per heavy atom. The van der Waals surface area contributed by atoms with Crippen molar-refractivity contribution >= 4 is 11.6 Å². The second-order valence-corrected chi connectivity index (χ2v) is 4.27. The summed E-state index contributed by atoms with van der Waals surface area (Å²) < 4.78 is 0.616. The third-order valence-corrected chi connectivity index (χ3v) is 3.29. The highest BCUT2D eigenvalue weighted by atomic mass is 35.5. The molecule has 2 nitrogen and oxygen atoms in total. The fourth-order valence-corrected chi connectivity index (χ4v) is 2.17. The van der Waals surface area contributed by atoms with E-state index in [4.69, 9.17) is 11.6 Å². The predicted octanol–water partition coefficient (Wildman–Crippen LogP) is -1.47. The Morgan fingerprint density at radius 1 is 1.58 bits per heavy atom. The van der Waals surface area contributed by atoms with E-state index in [1.807, 2.05) is 7.05 Å². The lowest BCUT2D eigenvalue weighted by Crippen LogP contribution is -3.00. The van der Waals surface area contributed by atoms with Gasteiger partial charge in [0.2, 0.25) is 0 Å². The van der Waals surface area contributed by atoms with Gasteiger partial charge in [0.1, 0.15) is 0 Å². The first kappa shape index (κ1) is 12.5. The van der Waals surface area contributed by atoms with Gasteiger partial charge in [-0.1, -0.05) is 6.92 Å². The third-order valence-electron chi connectivity index (χ3n) is 2.69. The van der Waals surface area contributed by atoms with Gasteiger partial charge in [0.15, 0.2) is 0 Å². The Bertz CT molecular complexity index is 152. The summed E-state index contributed by atoms with van der Waals surface area (Å²) in [5.74, 6) is 0. The summed E-state index contributed by atoms with van der Waals surface area (Å²) in [5.41, 5.74) is 0. The second kappa shape index (κ2) is 4.14. The van der Waals surface area contributed by atoms with Crippen molar-refractivity contribution in [3.05, 3.63) is 0 Å². The van der Waals surface area contributed by atoms with E-state index in [2.05, 4.69) is 6.92 Å². The summed E-state index contributed by atoms with van der Waals surface area (Å²) >= 11 is 5.98. The number of hydrogen-bond donors (Lipinski definition) is 1. The van der Waals surface area contributed by atoms with Crippen LogP contribution in [0.5, 0.6) is 0 Å². The molecule has 2 unspecified atom stereocenters. The maximum Gasteiger partial charge on any atom is 0.280 e. The van der Waals surface area contributed by atoms with Crippen LogP contribution in [0.2, 0.25) is 0 Å². The maximum absolute atomic E-state index is 9.78. The molecule has 0 aliphatic carbocycles. The van der Waals surface area contributed by atoms with Gasteiger partial charge in [-0.3, -0.25) is 4.48 Å². The molecule has 2 atom stereocenters. The van der Waals surface area contributed by atoms with Crippen LogP contribution in [0.1, 0.15) is 26.2 Å². The van der Waals surface area contributed by atoms with Crippen molar-refractivity contribution < 1.29 is 22.0 Å². The van der Waals surface area contributed by atoms with E-state index in [-0.39, 0.29) is 12.4 Å². The smallest absolute Gasteiger partial charge is 0.280 e. The zero-order chi connectivity index (χ0) is 8.54. The number of rotatable bonds is 2. The Labute approximate surface area is 85.5 Å². The van der Waals surface area contributed by atoms with E-state index in [1.165, 1.54) is 0 Å². The van der Waals surface area contributed by atoms with Gasteiger partial charge in [-0.15, -0.1) is 0 Å². The van der Waals surface area contributed by atoms with Gasteiger partial charge in [-0.2, -0.15) is 0 Å². The van der Waals surface area contributed by atoms with Crippen molar-refractivity contribution in [2.75, 3.05) is 20.1 Å². The topological polar surface area (TPSA) is 20.2 Å². The van der Waals surface area contributed by atoms with Crippen molar-refractivity contribution in [2.45, 2.75) is 31.4 Å². The minimum atomic E-state index is -0.990. The minimum Gasteiger partial charge on any atom is -1.00 e. The van der Waals surface area contributed by atoms with Gasteiger partial charge in [-0.25, -0.2) is 0 Å². The molecule has 0 aromatic heterocycles. The minimum absolute atomic E-state index is 0. The van der Waals surface area contributed by atoms with Crippen LogP contribution in [0.3, 0.4) is 0 Å². The van der Waals surface area contributed by atoms with Gasteiger partial charge in [0.05, 0.1) is 26.6 Å². The monoisotopic (exact) mass is 213 g/mol. The molecular formula is C8H17Cl2NO. The van der Waals surface area contributed by atoms with Gasteiger partial charge < -0.3 is 17.5 Å². The summed E-state index contributed by atoms with van der Waals surface area (Å²) in [5, 5.41) is 8.79. The van der Waals surface area contributed by atoms with Crippen LogP contribution in [0.4, 0.5) is 0 Å². The number of quaternary nitrogens is 1. The molecule has 4 heteroatoms. The molecule has 0 aromatic carbocycles. The number of halogens is 2. The molecule has 74 valence electrons. The molecule has 0 bridgehead atoms. The van der Waals surface area contributed by atoms with Crippen LogP contribution in [0, 0.1) is 0 Å². The van der Waals surface area contributed by atoms with Crippen molar-refractivity contribution in [1.29, 1.82) is 0 Å². The van der Waals surface area contributed by atoms with E-state index >= 15 is 0 Å². The van der Waals surface area contributed by atoms with Crippen LogP contribution in [0.15, 0.2) is 0 Å². The number of likely N-dealkylation sites (tertiary alicyclic amines) is 1. The lowest BCUT2D eigenvalue weighted by atomic mass is 10.3. The highest BCUT2D eigenvalue weighted by Gasteiger charge is 2.49. The number of nitrogens with zero attached hydrogens (tertiary/aromatic N) is 1. The molecule has 1 fully saturated rings. The summed E-state index contributed by atoms with van der Waals surface area (Å²) in [4.78, 5) is 0. The Morgan fingerprint density at radius 2 is 2.17 bits per heavy atom. The molecule has 1 aliphatic heterocycles. The zero-order valence-corrected chi connectivity index (χ0v) is 9.20. The third kappa shape index (κ3) is 2.05. The average molecular weight is 214 g/mol. The Balaban J connectivity index is 0.00000121. The number of alkyl halides is 1. The van der Waals surface area contributed by atoms with Crippen molar-refractivity contribution in [3.63, 3.8) is 0 Å². The molecule has 0 radical (unpaired) electrons. The highest BCUT2D eigenvalue weighted by Crippen LogP contribution is 2.36. The standard InChI is InChI=1S/C8H17ClNO.ClH/c1-3-6-10(2)7-4-5-8(10,9)11;/h11H,3-7H2,1-2H3;1H/q+1;/p-1. The molecule has 1 N–H and O–H groups in total. The van der Waals surface area contributed by atoms with Crippen molar-refractivity contribution in [3.8, 4) is 0 Å². The Kier molecular flexibility index (Phi) is 4.31. The summed E-state index contributed by atoms with van der Waals surface area (Å²) in [6.45, 7) is 4.10. The predicted molar refractivity (Wildman–Crippen MR) is 46.2 cm³/mol. The molecule has 1 saturated heterocycles. The molecule has 0 aromatic rings. The SMILES string of the molecule is CCC[N+]1(C)CCCC1(O)Cl.[Cl-]. The van der Waals surface area contributed by atoms with Gasteiger partial charge in [0.25, 0.3) is 5.18 Å². The molecule has 0 spiro atoms. The fourth-order valence-electron chi connectivity index (χ4n) is 1.87. The fraction of sp³-hybridized carbons (Fsp3) is 1.00. The zero-order valence-electron chi connectivity index (χ0n) is 7.69. The summed E-state index contributed by atoms with van der Waals surface area (Å²) in [7, 11) is 2.03. The first-order valence-electron chi connectivity index (χ1n) is 4.28. The first-order valence-corrected chi connectivity index (χ1v) is 4.65. The molecule has 12 heavy (non-hydrogen) atoms. The highest BCUT2D eigenvalue weighted by molar-refractivity contribution is 6.21. The van der Waals surface area contributed by atoms with Gasteiger partial charge in [0, 0.05) is 6.42 Å². The van der Waals surface area contributed by atoms with Crippen molar-refractivity contribution in [1.82, 2.24) is 0 Å². The second-order valence-electron chi connectivity index (χ2n) is 3.67. The Hall–Kier alpha value is 0.500. The molecule has 0 saturated carbocycles. The number of hydrogen-bond acceptors (Lipinski definition) is 1. The lowest BCUT2D eigenvalue weighted by molar-refractivity contribution is -0.954. The van der Waals surface area contributed by atoms with Crippen LogP contribution in [-0.2, 0) is 0 Å². The molecular weight excluding hydrogens is 197 g/mol. The maximum atomic E-state index is 9.78. The van der Waals surface area contributed by atoms with Crippen molar-refractivity contribution in [2.24, 2.45) is 0 Å². The number of aliphatic hydroxyl groups is 1. The first-order chi connectivity index (χ1) is 5.02. The molecule has 0 amide bonds. The van der Waals surface area contributed by atoms with Crippen LogP contribution >= 0.6 is 11.6 Å². The normalized spacial score (nSPS) is 41.0. The van der Waals surface area contributed by atoms with E-state index in [0.717, 1.165) is 32.4 Å². The van der Waals surface area contributed by atoms with Gasteiger partial charge in [-0.05, 0) is 18.0 Å². The van der Waals surface area contributed by atoms with Crippen LogP contribution in [-0.4, -0.2) is 34.9 Å². The quantitative estimate of drug-likeness (QED) is 0.338. The largest absolute Gasteiger partial charge is 1.00 e. The van der Waals surface area contributed by atoms with E-state index in [0.29, 0.717) is 4.48 Å². The molecule has 1 rings (SSSR count). The summed E-state index contributed by atoms with van der Waals surface area (Å²) in [6, 6.07) is 0. The molecule has 1 aliphatic rings. The van der Waals surface area contributed by atoms with E-state index < -0.39 is 5.18 Å². The van der Waals surface area contributed by atoms with E-state index in [1.54, 1.807) is 0 Å².